The Morgan fingerprint density at radius 2 is 1.68 bits per heavy atom. The molecule has 0 radical (unpaired) electrons. The molecule has 22 heavy (non-hydrogen) atoms. The number of benzene rings is 1. The van der Waals surface area contributed by atoms with Crippen LogP contribution in [0.25, 0.3) is 0 Å². The van der Waals surface area contributed by atoms with Gasteiger partial charge in [0.1, 0.15) is 5.75 Å². The van der Waals surface area contributed by atoms with Crippen molar-refractivity contribution in [2.24, 2.45) is 0 Å². The van der Waals surface area contributed by atoms with E-state index in [1.165, 1.54) is 0 Å². The normalized spacial score (nSPS) is 10.1. The highest BCUT2D eigenvalue weighted by atomic mass is 35.5. The molecule has 1 rings (SSSR count). The molecule has 1 aromatic carbocycles. The maximum absolute atomic E-state index is 11.6. The molecule has 0 unspecified atom stereocenters. The Labute approximate surface area is 140 Å². The summed E-state index contributed by atoms with van der Waals surface area (Å²) in [5.41, 5.74) is 0. The molecule has 0 bridgehead atoms. The van der Waals surface area contributed by atoms with Crippen LogP contribution in [0.3, 0.4) is 0 Å². The SMILES string of the molecule is O=C(CCCl)NCCNC(=O)CCCOc1ccccc1Cl. The molecule has 0 atom stereocenters. The number of rotatable bonds is 10. The van der Waals surface area contributed by atoms with Gasteiger partial charge in [0.2, 0.25) is 11.8 Å². The van der Waals surface area contributed by atoms with Crippen molar-refractivity contribution < 1.29 is 14.3 Å². The van der Waals surface area contributed by atoms with Crippen LogP contribution in [0.5, 0.6) is 5.75 Å². The van der Waals surface area contributed by atoms with Crippen molar-refractivity contribution in [3.05, 3.63) is 29.3 Å². The summed E-state index contributed by atoms with van der Waals surface area (Å²) in [5, 5.41) is 5.93. The molecule has 0 fully saturated rings. The number of hydrogen-bond donors (Lipinski definition) is 2. The van der Waals surface area contributed by atoms with E-state index in [0.29, 0.717) is 49.2 Å². The van der Waals surface area contributed by atoms with Crippen molar-refractivity contribution in [3.8, 4) is 5.75 Å². The summed E-state index contributed by atoms with van der Waals surface area (Å²) in [6, 6.07) is 7.20. The first kappa shape index (κ1) is 18.6. The first-order valence-electron chi connectivity index (χ1n) is 7.10. The van der Waals surface area contributed by atoms with E-state index in [4.69, 9.17) is 27.9 Å². The van der Waals surface area contributed by atoms with Crippen LogP contribution in [-0.2, 0) is 9.59 Å². The van der Waals surface area contributed by atoms with Crippen molar-refractivity contribution in [2.75, 3.05) is 25.6 Å². The monoisotopic (exact) mass is 346 g/mol. The lowest BCUT2D eigenvalue weighted by atomic mass is 10.3. The van der Waals surface area contributed by atoms with Gasteiger partial charge in [-0.3, -0.25) is 9.59 Å². The lowest BCUT2D eigenvalue weighted by molar-refractivity contribution is -0.122. The fourth-order valence-electron chi connectivity index (χ4n) is 1.64. The molecular formula is C15H20Cl2N2O3. The molecule has 0 saturated carbocycles. The van der Waals surface area contributed by atoms with Gasteiger partial charge >= 0.3 is 0 Å². The van der Waals surface area contributed by atoms with Gasteiger partial charge in [-0.25, -0.2) is 0 Å². The number of carbonyl (C=O) groups excluding carboxylic acids is 2. The van der Waals surface area contributed by atoms with Gasteiger partial charge in [0, 0.05) is 31.8 Å². The lowest BCUT2D eigenvalue weighted by Gasteiger charge is -2.08. The summed E-state index contributed by atoms with van der Waals surface area (Å²) in [5.74, 6) is 0.724. The molecular weight excluding hydrogens is 327 g/mol. The average molecular weight is 347 g/mol. The third-order valence-electron chi connectivity index (χ3n) is 2.73. The van der Waals surface area contributed by atoms with E-state index in [1.807, 2.05) is 12.1 Å². The number of alkyl halides is 1. The largest absolute Gasteiger partial charge is 0.492 e. The van der Waals surface area contributed by atoms with E-state index in [2.05, 4.69) is 10.6 Å². The molecule has 0 aromatic heterocycles. The van der Waals surface area contributed by atoms with Gasteiger partial charge in [-0.2, -0.15) is 0 Å². The molecule has 0 spiro atoms. The maximum atomic E-state index is 11.6. The van der Waals surface area contributed by atoms with Gasteiger partial charge in [0.25, 0.3) is 0 Å². The minimum atomic E-state index is -0.114. The molecule has 0 aliphatic heterocycles. The maximum Gasteiger partial charge on any atom is 0.221 e. The van der Waals surface area contributed by atoms with Gasteiger partial charge in [-0.05, 0) is 18.6 Å². The van der Waals surface area contributed by atoms with Crippen molar-refractivity contribution in [1.29, 1.82) is 0 Å². The Morgan fingerprint density at radius 3 is 2.32 bits per heavy atom. The van der Waals surface area contributed by atoms with Crippen LogP contribution >= 0.6 is 23.2 Å². The van der Waals surface area contributed by atoms with E-state index < -0.39 is 0 Å². The molecule has 0 heterocycles. The van der Waals surface area contributed by atoms with E-state index in [9.17, 15) is 9.59 Å². The topological polar surface area (TPSA) is 67.4 Å². The van der Waals surface area contributed by atoms with Gasteiger partial charge in [-0.1, -0.05) is 23.7 Å². The molecule has 2 amide bonds. The summed E-state index contributed by atoms with van der Waals surface area (Å²) in [4.78, 5) is 22.7. The molecule has 2 N–H and O–H groups in total. The standard InChI is InChI=1S/C15H20Cl2N2O3/c16-8-7-15(21)19-10-9-18-14(20)6-3-11-22-13-5-2-1-4-12(13)17/h1-2,4-5H,3,6-11H2,(H,18,20)(H,19,21). The Morgan fingerprint density at radius 1 is 1.05 bits per heavy atom. The second kappa shape index (κ2) is 11.2. The number of ether oxygens (including phenoxy) is 1. The minimum absolute atomic E-state index is 0.0747. The van der Waals surface area contributed by atoms with E-state index in [0.717, 1.165) is 0 Å². The molecule has 5 nitrogen and oxygen atoms in total. The number of nitrogens with one attached hydrogen (secondary N) is 2. The zero-order valence-corrected chi connectivity index (χ0v) is 13.8. The highest BCUT2D eigenvalue weighted by Crippen LogP contribution is 2.23. The second-order valence-corrected chi connectivity index (χ2v) is 5.31. The molecule has 122 valence electrons. The summed E-state index contributed by atoms with van der Waals surface area (Å²) >= 11 is 11.4. The molecule has 0 saturated heterocycles. The Balaban J connectivity index is 2.04. The number of carbonyl (C=O) groups is 2. The average Bonchev–Trinajstić information content (AvgIpc) is 2.50. The predicted octanol–water partition coefficient (Wildman–Crippen LogP) is 2.36. The number of para-hydroxylation sites is 1. The van der Waals surface area contributed by atoms with Gasteiger partial charge < -0.3 is 15.4 Å². The van der Waals surface area contributed by atoms with Crippen LogP contribution in [0.2, 0.25) is 5.02 Å². The highest BCUT2D eigenvalue weighted by molar-refractivity contribution is 6.32. The van der Waals surface area contributed by atoms with Crippen LogP contribution in [0.1, 0.15) is 19.3 Å². The Kier molecular flexibility index (Phi) is 9.42. The Hall–Kier alpha value is -1.46. The molecule has 0 aliphatic rings. The van der Waals surface area contributed by atoms with Crippen LogP contribution in [0, 0.1) is 0 Å². The number of halogens is 2. The van der Waals surface area contributed by atoms with Crippen molar-refractivity contribution in [2.45, 2.75) is 19.3 Å². The van der Waals surface area contributed by atoms with Crippen molar-refractivity contribution in [3.63, 3.8) is 0 Å². The van der Waals surface area contributed by atoms with Crippen LogP contribution < -0.4 is 15.4 Å². The fraction of sp³-hybridized carbons (Fsp3) is 0.467. The zero-order chi connectivity index (χ0) is 16.2. The second-order valence-electron chi connectivity index (χ2n) is 4.52. The van der Waals surface area contributed by atoms with Crippen LogP contribution in [0.4, 0.5) is 0 Å². The van der Waals surface area contributed by atoms with E-state index in [-0.39, 0.29) is 18.2 Å². The van der Waals surface area contributed by atoms with Crippen LogP contribution in [-0.4, -0.2) is 37.4 Å². The third kappa shape index (κ3) is 8.10. The summed E-state index contributed by atoms with van der Waals surface area (Å²) in [7, 11) is 0. The summed E-state index contributed by atoms with van der Waals surface area (Å²) in [6.07, 6.45) is 1.24. The van der Waals surface area contributed by atoms with Crippen LogP contribution in [0.15, 0.2) is 24.3 Å². The third-order valence-corrected chi connectivity index (χ3v) is 3.23. The smallest absolute Gasteiger partial charge is 0.221 e. The summed E-state index contributed by atoms with van der Waals surface area (Å²) in [6.45, 7) is 1.22. The first-order chi connectivity index (χ1) is 10.6. The van der Waals surface area contributed by atoms with E-state index >= 15 is 0 Å². The number of hydrogen-bond acceptors (Lipinski definition) is 3. The first-order valence-corrected chi connectivity index (χ1v) is 8.01. The predicted molar refractivity (Wildman–Crippen MR) is 87.5 cm³/mol. The lowest BCUT2D eigenvalue weighted by Crippen LogP contribution is -2.34. The van der Waals surface area contributed by atoms with Gasteiger partial charge in [-0.15, -0.1) is 11.6 Å². The van der Waals surface area contributed by atoms with Gasteiger partial charge in [0.15, 0.2) is 0 Å². The molecule has 1 aromatic rings. The number of amides is 2. The quantitative estimate of drug-likeness (QED) is 0.504. The van der Waals surface area contributed by atoms with Gasteiger partial charge in [0.05, 0.1) is 11.6 Å². The van der Waals surface area contributed by atoms with E-state index in [1.54, 1.807) is 12.1 Å². The summed E-state index contributed by atoms with van der Waals surface area (Å²) < 4.78 is 5.49. The highest BCUT2D eigenvalue weighted by Gasteiger charge is 2.03. The minimum Gasteiger partial charge on any atom is -0.492 e. The Bertz CT molecular complexity index is 484. The molecule has 0 aliphatic carbocycles. The van der Waals surface area contributed by atoms with Crippen molar-refractivity contribution in [1.82, 2.24) is 10.6 Å². The van der Waals surface area contributed by atoms with Crippen molar-refractivity contribution >= 4 is 35.0 Å². The fourth-order valence-corrected chi connectivity index (χ4v) is 2.01. The zero-order valence-electron chi connectivity index (χ0n) is 12.2. The molecule has 7 heteroatoms.